The highest BCUT2D eigenvalue weighted by atomic mass is 127. The van der Waals surface area contributed by atoms with Crippen LogP contribution in [0, 0.1) is 0 Å². The number of hydrogen-bond donors (Lipinski definition) is 0. The number of aryl methyl sites for hydroxylation is 1. The minimum Gasteiger partial charge on any atom is -0.462 e. The molecule has 0 aliphatic carbocycles. The summed E-state index contributed by atoms with van der Waals surface area (Å²) in [6.45, 7) is 2.10. The maximum absolute atomic E-state index is 11.9. The monoisotopic (exact) mass is 461 g/mol. The molecule has 0 saturated heterocycles. The molecule has 4 nitrogen and oxygen atoms in total. The Labute approximate surface area is 127 Å². The Morgan fingerprint density at radius 3 is 2.41 bits per heavy atom. The molecule has 0 aliphatic rings. The third-order valence-electron chi connectivity index (χ3n) is 2.35. The van der Waals surface area contributed by atoms with E-state index >= 15 is 0 Å². The first kappa shape index (κ1) is 14.9. The van der Waals surface area contributed by atoms with Crippen LogP contribution in [-0.2, 0) is 20.6 Å². The van der Waals surface area contributed by atoms with E-state index in [9.17, 15) is 9.59 Å². The summed E-state index contributed by atoms with van der Waals surface area (Å²) in [4.78, 5) is 23.7. The minimum absolute atomic E-state index is 0.0425. The van der Waals surface area contributed by atoms with Crippen LogP contribution in [-0.4, -0.2) is 17.1 Å². The molecule has 94 valence electrons. The molecule has 0 aromatic carbocycles. The van der Waals surface area contributed by atoms with Crippen molar-refractivity contribution in [3.63, 3.8) is 0 Å². The van der Waals surface area contributed by atoms with Crippen LogP contribution in [0.25, 0.3) is 0 Å². The molecule has 0 radical (unpaired) electrons. The van der Waals surface area contributed by atoms with Crippen LogP contribution in [0.4, 0.5) is 0 Å². The smallest absolute Gasteiger partial charge is 0.339 e. The lowest BCUT2D eigenvalue weighted by Gasteiger charge is -2.12. The van der Waals surface area contributed by atoms with E-state index in [1.807, 2.05) is 0 Å². The second-order valence-corrected chi connectivity index (χ2v) is 4.93. The van der Waals surface area contributed by atoms with E-state index in [1.54, 1.807) is 20.2 Å². The van der Waals surface area contributed by atoms with Gasteiger partial charge < -0.3 is 9.30 Å². The van der Waals surface area contributed by atoms with Gasteiger partial charge in [-0.15, -0.1) is 0 Å². The molecule has 1 aromatic heterocycles. The minimum atomic E-state index is -0.360. The molecule has 6 heteroatoms. The molecule has 0 aliphatic heterocycles. The summed E-state index contributed by atoms with van der Waals surface area (Å²) in [5, 5.41) is 0. The van der Waals surface area contributed by atoms with Crippen molar-refractivity contribution in [1.82, 2.24) is 4.57 Å². The molecule has 1 rings (SSSR count). The summed E-state index contributed by atoms with van der Waals surface area (Å²) in [7, 11) is 1.65. The first-order valence-electron chi connectivity index (χ1n) is 5.07. The van der Waals surface area contributed by atoms with Crippen molar-refractivity contribution in [2.45, 2.75) is 15.8 Å². The van der Waals surface area contributed by atoms with Gasteiger partial charge in [-0.05, 0) is 12.5 Å². The predicted octanol–water partition coefficient (Wildman–Crippen LogP) is 2.43. The molecule has 0 saturated carbocycles. The molecule has 0 unspecified atom stereocenters. The molecular weight excluding hydrogens is 448 g/mol. The Bertz CT molecular complexity index is 482. The molecule has 0 N–H and O–H groups in total. The second-order valence-electron chi connectivity index (χ2n) is 3.40. The first-order chi connectivity index (χ1) is 8.06. The quantitative estimate of drug-likeness (QED) is 0.394. The number of nitrogens with zero attached hydrogens (tertiary/aromatic N) is 1. The number of esters is 1. The van der Waals surface area contributed by atoms with Crippen molar-refractivity contribution >= 4 is 51.2 Å². The zero-order chi connectivity index (χ0) is 13.0. The molecule has 0 bridgehead atoms. The number of hydrogen-bond acceptors (Lipinski definition) is 3. The number of carbonyl (C=O) groups is 1. The number of pyridine rings is 1. The fourth-order valence-electron chi connectivity index (χ4n) is 1.51. The fraction of sp³-hybridized carbons (Fsp3) is 0.455. The molecule has 17 heavy (non-hydrogen) atoms. The highest BCUT2D eigenvalue weighted by Gasteiger charge is 2.18. The third-order valence-corrected chi connectivity index (χ3v) is 3.88. The average molecular weight is 461 g/mol. The van der Waals surface area contributed by atoms with Gasteiger partial charge in [0.25, 0.3) is 5.56 Å². The van der Waals surface area contributed by atoms with Gasteiger partial charge in [0.2, 0.25) is 0 Å². The Morgan fingerprint density at radius 1 is 1.35 bits per heavy atom. The summed E-state index contributed by atoms with van der Waals surface area (Å²) in [5.41, 5.74) is 1.93. The maximum atomic E-state index is 11.9. The van der Waals surface area contributed by atoms with Crippen molar-refractivity contribution in [2.24, 2.45) is 7.05 Å². The van der Waals surface area contributed by atoms with Crippen LogP contribution >= 0.6 is 45.2 Å². The standard InChI is InChI=1S/C11H13I2NO3/c1-3-17-11(16)9-6-14(2)10(15)8(5-13)7(9)4-12/h6H,3-5H2,1-2H3. The van der Waals surface area contributed by atoms with Gasteiger partial charge in [0, 0.05) is 27.7 Å². The zero-order valence-corrected chi connectivity index (χ0v) is 13.9. The van der Waals surface area contributed by atoms with Crippen molar-refractivity contribution in [3.05, 3.63) is 33.2 Å². The number of alkyl halides is 2. The largest absolute Gasteiger partial charge is 0.462 e. The van der Waals surface area contributed by atoms with Crippen LogP contribution in [0.3, 0.4) is 0 Å². The van der Waals surface area contributed by atoms with Gasteiger partial charge in [-0.1, -0.05) is 45.2 Å². The van der Waals surface area contributed by atoms with Gasteiger partial charge in [0.05, 0.1) is 12.2 Å². The molecule has 0 spiro atoms. The van der Waals surface area contributed by atoms with Crippen LogP contribution in [0.1, 0.15) is 28.4 Å². The lowest BCUT2D eigenvalue weighted by atomic mass is 10.1. The topological polar surface area (TPSA) is 48.3 Å². The number of carbonyl (C=O) groups excluding carboxylic acids is 1. The number of halogens is 2. The molecule has 1 heterocycles. The van der Waals surface area contributed by atoms with E-state index in [0.29, 0.717) is 26.6 Å². The Morgan fingerprint density at radius 2 is 1.94 bits per heavy atom. The summed E-state index contributed by atoms with van der Waals surface area (Å²) in [6.07, 6.45) is 1.56. The van der Waals surface area contributed by atoms with Crippen molar-refractivity contribution in [2.75, 3.05) is 6.61 Å². The van der Waals surface area contributed by atoms with Gasteiger partial charge in [-0.2, -0.15) is 0 Å². The first-order valence-corrected chi connectivity index (χ1v) is 8.12. The van der Waals surface area contributed by atoms with E-state index < -0.39 is 0 Å². The molecule has 1 aromatic rings. The summed E-state index contributed by atoms with van der Waals surface area (Å²) in [5.74, 6) is -0.360. The summed E-state index contributed by atoms with van der Waals surface area (Å²) < 4.78 is 7.66. The van der Waals surface area contributed by atoms with Crippen molar-refractivity contribution in [1.29, 1.82) is 0 Å². The van der Waals surface area contributed by atoms with Crippen LogP contribution in [0.5, 0.6) is 0 Å². The highest BCUT2D eigenvalue weighted by Crippen LogP contribution is 2.18. The van der Waals surface area contributed by atoms with Gasteiger partial charge in [-0.25, -0.2) is 4.79 Å². The van der Waals surface area contributed by atoms with Crippen molar-refractivity contribution < 1.29 is 9.53 Å². The fourth-order valence-corrected chi connectivity index (χ4v) is 3.17. The van der Waals surface area contributed by atoms with E-state index in [2.05, 4.69) is 45.2 Å². The average Bonchev–Trinajstić information content (AvgIpc) is 2.32. The van der Waals surface area contributed by atoms with E-state index in [-0.39, 0.29) is 11.5 Å². The summed E-state index contributed by atoms with van der Waals surface area (Å²) >= 11 is 4.30. The SMILES string of the molecule is CCOC(=O)c1cn(C)c(=O)c(CI)c1CI. The van der Waals surface area contributed by atoms with E-state index in [0.717, 1.165) is 5.56 Å². The maximum Gasteiger partial charge on any atom is 0.339 e. The normalized spacial score (nSPS) is 10.4. The Hall–Kier alpha value is -0.120. The molecular formula is C11H13I2NO3. The van der Waals surface area contributed by atoms with Crippen LogP contribution in [0.2, 0.25) is 0 Å². The predicted molar refractivity (Wildman–Crippen MR) is 83.1 cm³/mol. The molecule has 0 fully saturated rings. The highest BCUT2D eigenvalue weighted by molar-refractivity contribution is 14.1. The lowest BCUT2D eigenvalue weighted by molar-refractivity contribution is 0.0524. The van der Waals surface area contributed by atoms with Crippen LogP contribution < -0.4 is 5.56 Å². The van der Waals surface area contributed by atoms with Gasteiger partial charge >= 0.3 is 5.97 Å². The molecule has 0 atom stereocenters. The number of aromatic nitrogens is 1. The second kappa shape index (κ2) is 6.72. The lowest BCUT2D eigenvalue weighted by Crippen LogP contribution is -2.25. The van der Waals surface area contributed by atoms with Crippen LogP contribution in [0.15, 0.2) is 11.0 Å². The van der Waals surface area contributed by atoms with Gasteiger partial charge in [0.1, 0.15) is 0 Å². The molecule has 0 amide bonds. The summed E-state index contributed by atoms with van der Waals surface area (Å²) in [6, 6.07) is 0. The van der Waals surface area contributed by atoms with Gasteiger partial charge in [-0.3, -0.25) is 4.79 Å². The number of ether oxygens (including phenoxy) is 1. The van der Waals surface area contributed by atoms with Crippen molar-refractivity contribution in [3.8, 4) is 0 Å². The number of rotatable bonds is 4. The van der Waals surface area contributed by atoms with E-state index in [1.165, 1.54) is 4.57 Å². The van der Waals surface area contributed by atoms with Gasteiger partial charge in [0.15, 0.2) is 0 Å². The Balaban J connectivity index is 3.45. The third kappa shape index (κ3) is 3.21. The zero-order valence-electron chi connectivity index (χ0n) is 9.63. The van der Waals surface area contributed by atoms with E-state index in [4.69, 9.17) is 4.74 Å². The Kier molecular flexibility index (Phi) is 5.90.